The molecule has 0 radical (unpaired) electrons. The quantitative estimate of drug-likeness (QED) is 0.510. The van der Waals surface area contributed by atoms with Crippen molar-refractivity contribution in [3.63, 3.8) is 0 Å². The molecule has 1 aromatic heterocycles. The number of nitrogens with zero attached hydrogens (tertiary/aromatic N) is 3. The number of amides is 1. The molecule has 0 saturated carbocycles. The largest absolute Gasteiger partial charge is 0.493 e. The van der Waals surface area contributed by atoms with E-state index < -0.39 is 10.0 Å². The van der Waals surface area contributed by atoms with Crippen molar-refractivity contribution in [3.05, 3.63) is 42.1 Å². The van der Waals surface area contributed by atoms with E-state index >= 15 is 0 Å². The highest BCUT2D eigenvalue weighted by Crippen LogP contribution is 2.38. The van der Waals surface area contributed by atoms with E-state index in [0.717, 1.165) is 5.82 Å². The summed E-state index contributed by atoms with van der Waals surface area (Å²) in [7, 11) is 1.03. The lowest BCUT2D eigenvalue weighted by atomic mass is 10.1. The Morgan fingerprint density at radius 1 is 1.03 bits per heavy atom. The molecule has 11 heteroatoms. The summed E-state index contributed by atoms with van der Waals surface area (Å²) < 4.78 is 42.7. The number of aromatic nitrogens is 1. The van der Waals surface area contributed by atoms with Crippen LogP contribution in [0, 0.1) is 0 Å². The van der Waals surface area contributed by atoms with Crippen LogP contribution in [0.4, 0.5) is 5.82 Å². The number of anilines is 1. The Morgan fingerprint density at radius 3 is 2.24 bits per heavy atom. The number of piperazine rings is 1. The van der Waals surface area contributed by atoms with Crippen LogP contribution in [0.2, 0.25) is 0 Å². The van der Waals surface area contributed by atoms with Gasteiger partial charge in [-0.3, -0.25) is 4.79 Å². The summed E-state index contributed by atoms with van der Waals surface area (Å²) in [5.74, 6) is 1.60. The fraction of sp³-hybridized carbons (Fsp3) is 0.455. The SMILES string of the molecule is COc1cc(C(=O)NCCCS(=O)(=O)N2CCN(c3ccccn3)CC2)cc(OC)c1OC. The molecule has 180 valence electrons. The third-order valence-electron chi connectivity index (χ3n) is 5.40. The Labute approximate surface area is 194 Å². The highest BCUT2D eigenvalue weighted by molar-refractivity contribution is 7.89. The molecular weight excluding hydrogens is 448 g/mol. The Kier molecular flexibility index (Phi) is 8.34. The standard InChI is InChI=1S/C22H30N4O6S/c1-30-18-15-17(16-19(31-2)21(18)32-3)22(27)24-9-6-14-33(28,29)26-12-10-25(11-13-26)20-7-4-5-8-23-20/h4-5,7-8,15-16H,6,9-14H2,1-3H3,(H,24,27). The van der Waals surface area contributed by atoms with E-state index in [0.29, 0.717) is 55.4 Å². The van der Waals surface area contributed by atoms with Crippen LogP contribution in [0.5, 0.6) is 17.2 Å². The second-order valence-corrected chi connectivity index (χ2v) is 9.50. The molecule has 1 amide bonds. The molecule has 1 aliphatic rings. The van der Waals surface area contributed by atoms with E-state index in [1.54, 1.807) is 18.3 Å². The molecule has 0 spiro atoms. The van der Waals surface area contributed by atoms with Crippen LogP contribution >= 0.6 is 0 Å². The summed E-state index contributed by atoms with van der Waals surface area (Å²) in [6.45, 7) is 2.23. The van der Waals surface area contributed by atoms with Gasteiger partial charge in [0.1, 0.15) is 5.82 Å². The fourth-order valence-corrected chi connectivity index (χ4v) is 5.12. The Balaban J connectivity index is 1.49. The van der Waals surface area contributed by atoms with Gasteiger partial charge in [-0.15, -0.1) is 0 Å². The molecule has 2 aromatic rings. The minimum Gasteiger partial charge on any atom is -0.493 e. The lowest BCUT2D eigenvalue weighted by Crippen LogP contribution is -2.49. The summed E-state index contributed by atoms with van der Waals surface area (Å²) in [6, 6.07) is 8.78. The number of pyridine rings is 1. The molecule has 1 fully saturated rings. The number of hydrogen-bond acceptors (Lipinski definition) is 8. The number of rotatable bonds is 10. The third-order valence-corrected chi connectivity index (χ3v) is 7.35. The van der Waals surface area contributed by atoms with Crippen molar-refractivity contribution in [1.29, 1.82) is 0 Å². The minimum absolute atomic E-state index is 0.0356. The Bertz CT molecular complexity index is 1020. The maximum atomic E-state index is 12.7. The molecule has 0 atom stereocenters. The Hall–Kier alpha value is -3.05. The maximum Gasteiger partial charge on any atom is 0.251 e. The zero-order valence-electron chi connectivity index (χ0n) is 19.1. The topological polar surface area (TPSA) is 110 Å². The normalized spacial score (nSPS) is 14.6. The van der Waals surface area contributed by atoms with Gasteiger partial charge in [-0.1, -0.05) is 6.07 Å². The summed E-state index contributed by atoms with van der Waals surface area (Å²) in [5, 5.41) is 2.75. The van der Waals surface area contributed by atoms with Gasteiger partial charge in [0.05, 0.1) is 27.1 Å². The lowest BCUT2D eigenvalue weighted by molar-refractivity contribution is 0.0952. The van der Waals surface area contributed by atoms with Gasteiger partial charge in [0, 0.05) is 44.5 Å². The van der Waals surface area contributed by atoms with E-state index in [4.69, 9.17) is 14.2 Å². The van der Waals surface area contributed by atoms with Crippen molar-refractivity contribution < 1.29 is 27.4 Å². The Morgan fingerprint density at radius 2 is 1.70 bits per heavy atom. The third kappa shape index (κ3) is 6.05. The second-order valence-electron chi connectivity index (χ2n) is 7.41. The highest BCUT2D eigenvalue weighted by atomic mass is 32.2. The average Bonchev–Trinajstić information content (AvgIpc) is 2.86. The van der Waals surface area contributed by atoms with Gasteiger partial charge < -0.3 is 24.4 Å². The van der Waals surface area contributed by atoms with Crippen LogP contribution in [0.3, 0.4) is 0 Å². The van der Waals surface area contributed by atoms with Crippen LogP contribution in [-0.2, 0) is 10.0 Å². The van der Waals surface area contributed by atoms with Crippen LogP contribution in [0.15, 0.2) is 36.5 Å². The number of ether oxygens (including phenoxy) is 3. The molecule has 10 nitrogen and oxygen atoms in total. The molecule has 1 aromatic carbocycles. The van der Waals surface area contributed by atoms with Gasteiger partial charge in [-0.25, -0.2) is 13.4 Å². The number of carbonyl (C=O) groups excluding carboxylic acids is 1. The van der Waals surface area contributed by atoms with Crippen molar-refractivity contribution >= 4 is 21.7 Å². The molecule has 3 rings (SSSR count). The predicted octanol–water partition coefficient (Wildman–Crippen LogP) is 1.38. The van der Waals surface area contributed by atoms with Crippen molar-refractivity contribution in [2.24, 2.45) is 0 Å². The molecule has 0 unspecified atom stereocenters. The number of hydrogen-bond donors (Lipinski definition) is 1. The lowest BCUT2D eigenvalue weighted by Gasteiger charge is -2.34. The van der Waals surface area contributed by atoms with Gasteiger partial charge >= 0.3 is 0 Å². The first kappa shape index (κ1) is 24.6. The molecule has 1 saturated heterocycles. The number of sulfonamides is 1. The van der Waals surface area contributed by atoms with Gasteiger partial charge in [-0.2, -0.15) is 4.31 Å². The van der Waals surface area contributed by atoms with E-state index in [1.807, 2.05) is 18.2 Å². The summed E-state index contributed by atoms with van der Waals surface area (Å²) >= 11 is 0. The fourth-order valence-electron chi connectivity index (χ4n) is 3.64. The molecule has 0 bridgehead atoms. The van der Waals surface area contributed by atoms with Crippen molar-refractivity contribution in [2.45, 2.75) is 6.42 Å². The van der Waals surface area contributed by atoms with Gasteiger partial charge in [0.25, 0.3) is 5.91 Å². The van der Waals surface area contributed by atoms with Crippen LogP contribution in [0.1, 0.15) is 16.8 Å². The van der Waals surface area contributed by atoms with Crippen LogP contribution in [0.25, 0.3) is 0 Å². The van der Waals surface area contributed by atoms with E-state index in [9.17, 15) is 13.2 Å². The highest BCUT2D eigenvalue weighted by Gasteiger charge is 2.27. The van der Waals surface area contributed by atoms with Gasteiger partial charge in [-0.05, 0) is 30.7 Å². The van der Waals surface area contributed by atoms with E-state index in [1.165, 1.54) is 25.6 Å². The molecular formula is C22H30N4O6S. The second kappa shape index (κ2) is 11.2. The van der Waals surface area contributed by atoms with Crippen molar-refractivity contribution in [3.8, 4) is 17.2 Å². The monoisotopic (exact) mass is 478 g/mol. The summed E-state index contributed by atoms with van der Waals surface area (Å²) in [6.07, 6.45) is 2.03. The van der Waals surface area contributed by atoms with E-state index in [2.05, 4.69) is 15.2 Å². The summed E-state index contributed by atoms with van der Waals surface area (Å²) in [4.78, 5) is 18.9. The predicted molar refractivity (Wildman–Crippen MR) is 125 cm³/mol. The number of benzene rings is 1. The van der Waals surface area contributed by atoms with Gasteiger partial charge in [0.15, 0.2) is 11.5 Å². The zero-order chi connectivity index (χ0) is 23.8. The first-order chi connectivity index (χ1) is 15.9. The zero-order valence-corrected chi connectivity index (χ0v) is 19.9. The maximum absolute atomic E-state index is 12.7. The molecule has 1 N–H and O–H groups in total. The molecule has 1 aliphatic heterocycles. The van der Waals surface area contributed by atoms with Crippen LogP contribution < -0.4 is 24.4 Å². The van der Waals surface area contributed by atoms with Crippen molar-refractivity contribution in [1.82, 2.24) is 14.6 Å². The smallest absolute Gasteiger partial charge is 0.251 e. The van der Waals surface area contributed by atoms with Crippen LogP contribution in [-0.4, -0.2) is 83.4 Å². The molecule has 0 aliphatic carbocycles. The summed E-state index contributed by atoms with van der Waals surface area (Å²) in [5.41, 5.74) is 0.331. The number of methoxy groups -OCH3 is 3. The van der Waals surface area contributed by atoms with E-state index in [-0.39, 0.29) is 18.2 Å². The average molecular weight is 479 g/mol. The molecule has 2 heterocycles. The van der Waals surface area contributed by atoms with Crippen molar-refractivity contribution in [2.75, 3.05) is 64.7 Å². The van der Waals surface area contributed by atoms with Gasteiger partial charge in [0.2, 0.25) is 15.8 Å². The number of nitrogens with one attached hydrogen (secondary N) is 1. The molecule has 33 heavy (non-hydrogen) atoms. The minimum atomic E-state index is -3.40. The first-order valence-electron chi connectivity index (χ1n) is 10.6. The first-order valence-corrected chi connectivity index (χ1v) is 12.2. The number of carbonyl (C=O) groups is 1.